The van der Waals surface area contributed by atoms with Gasteiger partial charge in [-0.2, -0.15) is 0 Å². The Bertz CT molecular complexity index is 655. The van der Waals surface area contributed by atoms with E-state index < -0.39 is 20.6 Å². The van der Waals surface area contributed by atoms with Crippen molar-refractivity contribution in [3.63, 3.8) is 0 Å². The summed E-state index contributed by atoms with van der Waals surface area (Å²) in [5, 5.41) is 11.0. The van der Waals surface area contributed by atoms with E-state index >= 15 is 0 Å². The molecule has 0 saturated heterocycles. The molecule has 0 heterocycles. The van der Waals surface area contributed by atoms with E-state index in [2.05, 4.69) is 18.6 Å². The second kappa shape index (κ2) is 4.71. The molecule has 0 aliphatic heterocycles. The first-order valence-corrected chi connectivity index (χ1v) is 7.66. The van der Waals surface area contributed by atoms with Gasteiger partial charge in [0.25, 0.3) is 0 Å². The van der Waals surface area contributed by atoms with E-state index in [0.717, 1.165) is 6.42 Å². The molecule has 1 aromatic rings. The molecule has 2 rings (SSSR count). The highest BCUT2D eigenvalue weighted by Gasteiger charge is 2.45. The number of para-hydroxylation sites is 1. The van der Waals surface area contributed by atoms with Gasteiger partial charge in [-0.05, 0) is 29.9 Å². The molecule has 0 aromatic heterocycles. The van der Waals surface area contributed by atoms with Crippen LogP contribution in [0.2, 0.25) is 0 Å². The minimum Gasteiger partial charge on any atom is -0.393 e. The highest BCUT2D eigenvalue weighted by molar-refractivity contribution is 7.89. The molecular formula is C12H17N3O4S. The van der Waals surface area contributed by atoms with Crippen molar-refractivity contribution >= 4 is 21.4 Å². The predicted octanol–water partition coefficient (Wildman–Crippen LogP) is 1.50. The summed E-state index contributed by atoms with van der Waals surface area (Å²) in [4.78, 5) is 9.82. The van der Waals surface area contributed by atoms with Gasteiger partial charge in [0.2, 0.25) is 10.0 Å². The maximum absolute atomic E-state index is 12.2. The van der Waals surface area contributed by atoms with Gasteiger partial charge in [0.15, 0.2) is 4.90 Å². The first-order valence-electron chi connectivity index (χ1n) is 6.18. The fourth-order valence-electron chi connectivity index (χ4n) is 2.16. The summed E-state index contributed by atoms with van der Waals surface area (Å²) in [7, 11) is -3.94. The van der Waals surface area contributed by atoms with Crippen LogP contribution in [0.1, 0.15) is 20.3 Å². The Morgan fingerprint density at radius 3 is 2.60 bits per heavy atom. The van der Waals surface area contributed by atoms with E-state index in [-0.39, 0.29) is 28.5 Å². The molecule has 0 spiro atoms. The van der Waals surface area contributed by atoms with Crippen LogP contribution in [0, 0.1) is 21.4 Å². The van der Waals surface area contributed by atoms with Crippen molar-refractivity contribution in [2.24, 2.45) is 11.3 Å². The molecule has 1 aromatic carbocycles. The number of nitrogens with zero attached hydrogens (tertiary/aromatic N) is 1. The lowest BCUT2D eigenvalue weighted by Gasteiger charge is -2.09. The molecule has 1 aliphatic carbocycles. The van der Waals surface area contributed by atoms with Crippen LogP contribution < -0.4 is 10.5 Å². The van der Waals surface area contributed by atoms with E-state index in [4.69, 9.17) is 5.73 Å². The summed E-state index contributed by atoms with van der Waals surface area (Å²) < 4.78 is 26.8. The van der Waals surface area contributed by atoms with Crippen LogP contribution in [0.25, 0.3) is 0 Å². The molecule has 0 bridgehead atoms. The van der Waals surface area contributed by atoms with Crippen molar-refractivity contribution in [3.05, 3.63) is 28.3 Å². The molecular weight excluding hydrogens is 282 g/mol. The highest BCUT2D eigenvalue weighted by Crippen LogP contribution is 2.51. The topological polar surface area (TPSA) is 115 Å². The number of sulfonamides is 1. The number of nitrogens with two attached hydrogens (primary N) is 1. The third kappa shape index (κ3) is 2.75. The SMILES string of the molecule is CC1(C)CC1CNS(=O)(=O)c1cccc(N)c1[N+](=O)[O-]. The summed E-state index contributed by atoms with van der Waals surface area (Å²) in [6.07, 6.45) is 0.939. The zero-order chi connectivity index (χ0) is 15.1. The number of anilines is 1. The Labute approximate surface area is 117 Å². The standard InChI is InChI=1S/C12H17N3O4S/c1-12(2)6-8(12)7-14-20(18,19)10-5-3-4-9(13)11(10)15(16)17/h3-5,8,14H,6-7,13H2,1-2H3. The number of hydrogen-bond acceptors (Lipinski definition) is 5. The van der Waals surface area contributed by atoms with Crippen molar-refractivity contribution < 1.29 is 13.3 Å². The summed E-state index contributed by atoms with van der Waals surface area (Å²) in [5.74, 6) is 0.261. The molecule has 7 nitrogen and oxygen atoms in total. The van der Waals surface area contributed by atoms with Gasteiger partial charge in [-0.1, -0.05) is 19.9 Å². The number of benzene rings is 1. The van der Waals surface area contributed by atoms with E-state index in [1.807, 2.05) is 0 Å². The lowest BCUT2D eigenvalue weighted by atomic mass is 10.1. The molecule has 1 atom stereocenters. The van der Waals surface area contributed by atoms with E-state index in [1.165, 1.54) is 18.2 Å². The Morgan fingerprint density at radius 2 is 2.10 bits per heavy atom. The van der Waals surface area contributed by atoms with E-state index in [1.54, 1.807) is 0 Å². The quantitative estimate of drug-likeness (QED) is 0.485. The van der Waals surface area contributed by atoms with Gasteiger partial charge in [0.05, 0.1) is 4.92 Å². The fourth-order valence-corrected chi connectivity index (χ4v) is 3.44. The summed E-state index contributed by atoms with van der Waals surface area (Å²) >= 11 is 0. The summed E-state index contributed by atoms with van der Waals surface area (Å²) in [5.41, 5.74) is 4.89. The van der Waals surface area contributed by atoms with Crippen molar-refractivity contribution in [1.82, 2.24) is 4.72 Å². The van der Waals surface area contributed by atoms with Crippen LogP contribution in [-0.4, -0.2) is 19.9 Å². The Kier molecular flexibility index (Phi) is 3.47. The average molecular weight is 299 g/mol. The average Bonchev–Trinajstić information content (AvgIpc) is 2.94. The zero-order valence-electron chi connectivity index (χ0n) is 11.3. The minimum absolute atomic E-state index is 0.129. The van der Waals surface area contributed by atoms with Gasteiger partial charge in [0.1, 0.15) is 5.69 Å². The number of nitro benzene ring substituents is 1. The number of rotatable bonds is 5. The monoisotopic (exact) mass is 299 g/mol. The van der Waals surface area contributed by atoms with Crippen LogP contribution in [-0.2, 0) is 10.0 Å². The largest absolute Gasteiger partial charge is 0.393 e. The first kappa shape index (κ1) is 14.7. The molecule has 1 unspecified atom stereocenters. The molecule has 20 heavy (non-hydrogen) atoms. The van der Waals surface area contributed by atoms with Gasteiger partial charge in [-0.3, -0.25) is 10.1 Å². The van der Waals surface area contributed by atoms with Crippen molar-refractivity contribution in [1.29, 1.82) is 0 Å². The molecule has 110 valence electrons. The summed E-state index contributed by atoms with van der Waals surface area (Å²) in [6, 6.07) is 3.88. The third-order valence-electron chi connectivity index (χ3n) is 3.74. The van der Waals surface area contributed by atoms with Crippen molar-refractivity contribution in [2.45, 2.75) is 25.2 Å². The van der Waals surface area contributed by atoms with Crippen LogP contribution in [0.15, 0.2) is 23.1 Å². The zero-order valence-corrected chi connectivity index (χ0v) is 12.1. The molecule has 1 aliphatic rings. The van der Waals surface area contributed by atoms with Crippen LogP contribution >= 0.6 is 0 Å². The van der Waals surface area contributed by atoms with Gasteiger partial charge in [0, 0.05) is 6.54 Å². The lowest BCUT2D eigenvalue weighted by molar-refractivity contribution is -0.386. The Morgan fingerprint density at radius 1 is 1.50 bits per heavy atom. The van der Waals surface area contributed by atoms with Gasteiger partial charge < -0.3 is 5.73 Å². The first-order chi connectivity index (χ1) is 9.15. The number of nitrogens with one attached hydrogen (secondary N) is 1. The third-order valence-corrected chi connectivity index (χ3v) is 5.19. The Balaban J connectivity index is 2.26. The normalized spacial score (nSPS) is 20.6. The molecule has 1 fully saturated rings. The van der Waals surface area contributed by atoms with Crippen LogP contribution in [0.4, 0.5) is 11.4 Å². The Hall–Kier alpha value is -1.67. The summed E-state index contributed by atoms with van der Waals surface area (Å²) in [6.45, 7) is 4.38. The van der Waals surface area contributed by atoms with Gasteiger partial charge >= 0.3 is 5.69 Å². The minimum atomic E-state index is -3.94. The molecule has 0 amide bonds. The second-order valence-electron chi connectivity index (χ2n) is 5.69. The van der Waals surface area contributed by atoms with Gasteiger partial charge in [-0.15, -0.1) is 0 Å². The van der Waals surface area contributed by atoms with Crippen LogP contribution in [0.3, 0.4) is 0 Å². The number of nitrogen functional groups attached to an aromatic ring is 1. The fraction of sp³-hybridized carbons (Fsp3) is 0.500. The molecule has 3 N–H and O–H groups in total. The van der Waals surface area contributed by atoms with E-state index in [9.17, 15) is 18.5 Å². The highest BCUT2D eigenvalue weighted by atomic mass is 32.2. The maximum atomic E-state index is 12.2. The maximum Gasteiger partial charge on any atom is 0.312 e. The van der Waals surface area contributed by atoms with Crippen LogP contribution in [0.5, 0.6) is 0 Å². The van der Waals surface area contributed by atoms with Crippen molar-refractivity contribution in [2.75, 3.05) is 12.3 Å². The van der Waals surface area contributed by atoms with Crippen molar-refractivity contribution in [3.8, 4) is 0 Å². The second-order valence-corrected chi connectivity index (χ2v) is 7.43. The number of nitro groups is 1. The van der Waals surface area contributed by atoms with E-state index in [0.29, 0.717) is 0 Å². The molecule has 0 radical (unpaired) electrons. The van der Waals surface area contributed by atoms with Gasteiger partial charge in [-0.25, -0.2) is 13.1 Å². The number of hydrogen-bond donors (Lipinski definition) is 2. The molecule has 1 saturated carbocycles. The predicted molar refractivity (Wildman–Crippen MR) is 74.6 cm³/mol. The smallest absolute Gasteiger partial charge is 0.312 e. The molecule has 8 heteroatoms. The lowest BCUT2D eigenvalue weighted by Crippen LogP contribution is -2.27.